The van der Waals surface area contributed by atoms with Crippen LogP contribution in [0, 0.1) is 6.92 Å². The lowest BCUT2D eigenvalue weighted by Crippen LogP contribution is -2.03. The van der Waals surface area contributed by atoms with Crippen molar-refractivity contribution in [3.05, 3.63) is 47.7 Å². The zero-order valence-electron chi connectivity index (χ0n) is 7.73. The molecule has 2 rings (SSSR count). The van der Waals surface area contributed by atoms with Crippen LogP contribution in [0.5, 0.6) is 0 Å². The molecule has 0 aliphatic carbocycles. The zero-order chi connectivity index (χ0) is 9.10. The topological polar surface area (TPSA) is 3.24 Å². The summed E-state index contributed by atoms with van der Waals surface area (Å²) in [4.78, 5) is 0. The summed E-state index contributed by atoms with van der Waals surface area (Å²) in [6.45, 7) is 3.13. The van der Waals surface area contributed by atoms with Crippen LogP contribution in [0.15, 0.2) is 36.5 Å². The smallest absolute Gasteiger partial charge is 0.0539 e. The predicted molar refractivity (Wildman–Crippen MR) is 58.3 cm³/mol. The molecule has 0 aromatic heterocycles. The highest BCUT2D eigenvalue weighted by Crippen LogP contribution is 2.20. The molecule has 0 N–H and O–H groups in total. The van der Waals surface area contributed by atoms with Crippen molar-refractivity contribution < 1.29 is 0 Å². The summed E-state index contributed by atoms with van der Waals surface area (Å²) in [5, 5.41) is 0. The van der Waals surface area contributed by atoms with E-state index in [0.29, 0.717) is 0 Å². The Labute approximate surface area is 83.6 Å². The van der Waals surface area contributed by atoms with Crippen molar-refractivity contribution in [3.8, 4) is 0 Å². The number of hydrogen-bond donors (Lipinski definition) is 0. The van der Waals surface area contributed by atoms with Gasteiger partial charge in [-0.2, -0.15) is 0 Å². The highest BCUT2D eigenvalue weighted by atomic mass is 32.2. The van der Waals surface area contributed by atoms with Crippen LogP contribution in [0.2, 0.25) is 0 Å². The van der Waals surface area contributed by atoms with Crippen LogP contribution < -0.4 is 0 Å². The van der Waals surface area contributed by atoms with Crippen molar-refractivity contribution in [2.75, 3.05) is 5.75 Å². The van der Waals surface area contributed by atoms with Crippen LogP contribution in [-0.4, -0.2) is 10.1 Å². The summed E-state index contributed by atoms with van der Waals surface area (Å²) >= 11 is 1.86. The molecule has 1 aliphatic rings. The Morgan fingerprint density at radius 3 is 2.69 bits per heavy atom. The molecule has 1 aliphatic heterocycles. The SMILES string of the molecule is Cc1ccc(CN2C=CCS2)cc1. The van der Waals surface area contributed by atoms with E-state index in [4.69, 9.17) is 0 Å². The van der Waals surface area contributed by atoms with Crippen molar-refractivity contribution in [2.24, 2.45) is 0 Å². The third kappa shape index (κ3) is 2.28. The summed E-state index contributed by atoms with van der Waals surface area (Å²) in [6, 6.07) is 8.73. The molecule has 1 aromatic carbocycles. The molecule has 0 saturated heterocycles. The van der Waals surface area contributed by atoms with E-state index in [2.05, 4.69) is 47.8 Å². The van der Waals surface area contributed by atoms with Crippen molar-refractivity contribution >= 4 is 11.9 Å². The molecule has 68 valence electrons. The van der Waals surface area contributed by atoms with E-state index in [1.807, 2.05) is 11.9 Å². The fraction of sp³-hybridized carbons (Fsp3) is 0.273. The van der Waals surface area contributed by atoms with Crippen molar-refractivity contribution in [2.45, 2.75) is 13.5 Å². The minimum absolute atomic E-state index is 1.02. The summed E-state index contributed by atoms with van der Waals surface area (Å²) in [6.07, 6.45) is 4.35. The van der Waals surface area contributed by atoms with Gasteiger partial charge in [0.1, 0.15) is 0 Å². The average molecular weight is 191 g/mol. The monoisotopic (exact) mass is 191 g/mol. The maximum absolute atomic E-state index is 2.27. The fourth-order valence-corrected chi connectivity index (χ4v) is 2.09. The van der Waals surface area contributed by atoms with Crippen molar-refractivity contribution in [3.63, 3.8) is 0 Å². The lowest BCUT2D eigenvalue weighted by molar-refractivity contribution is 0.627. The fourth-order valence-electron chi connectivity index (χ4n) is 1.31. The Balaban J connectivity index is 2.01. The van der Waals surface area contributed by atoms with Crippen molar-refractivity contribution in [1.82, 2.24) is 4.31 Å². The molecule has 1 heterocycles. The van der Waals surface area contributed by atoms with Gasteiger partial charge in [-0.05, 0) is 24.4 Å². The largest absolute Gasteiger partial charge is 0.319 e. The molecule has 2 heteroatoms. The van der Waals surface area contributed by atoms with Gasteiger partial charge in [0, 0.05) is 12.0 Å². The zero-order valence-corrected chi connectivity index (χ0v) is 8.55. The van der Waals surface area contributed by atoms with Gasteiger partial charge >= 0.3 is 0 Å². The normalized spacial score (nSPS) is 15.3. The summed E-state index contributed by atoms with van der Waals surface area (Å²) in [5.41, 5.74) is 2.71. The highest BCUT2D eigenvalue weighted by molar-refractivity contribution is 7.97. The molecule has 0 unspecified atom stereocenters. The Bertz CT molecular complexity index is 302. The maximum Gasteiger partial charge on any atom is 0.0539 e. The number of hydrogen-bond acceptors (Lipinski definition) is 2. The molecule has 0 atom stereocenters. The van der Waals surface area contributed by atoms with Crippen LogP contribution in [0.4, 0.5) is 0 Å². The molecule has 0 radical (unpaired) electrons. The second-order valence-corrected chi connectivity index (χ2v) is 4.30. The van der Waals surface area contributed by atoms with Gasteiger partial charge in [0.25, 0.3) is 0 Å². The first-order chi connectivity index (χ1) is 6.34. The molecular formula is C11H13NS. The standard InChI is InChI=1S/C11H13NS/c1-10-3-5-11(6-4-10)9-12-7-2-8-13-12/h2-7H,8-9H2,1H3. The third-order valence-corrected chi connectivity index (χ3v) is 2.99. The number of aryl methyl sites for hydroxylation is 1. The van der Waals surface area contributed by atoms with E-state index in [1.54, 1.807) is 0 Å². The Kier molecular flexibility index (Phi) is 2.60. The molecule has 1 aromatic rings. The highest BCUT2D eigenvalue weighted by Gasteiger charge is 2.04. The maximum atomic E-state index is 2.27. The summed E-state index contributed by atoms with van der Waals surface area (Å²) in [5.74, 6) is 1.12. The minimum atomic E-state index is 1.02. The second-order valence-electron chi connectivity index (χ2n) is 3.24. The number of rotatable bonds is 2. The van der Waals surface area contributed by atoms with Gasteiger partial charge in [0.15, 0.2) is 0 Å². The van der Waals surface area contributed by atoms with Gasteiger partial charge in [-0.25, -0.2) is 0 Å². The molecular weight excluding hydrogens is 178 g/mol. The van der Waals surface area contributed by atoms with Gasteiger partial charge in [-0.15, -0.1) is 0 Å². The number of nitrogens with zero attached hydrogens (tertiary/aromatic N) is 1. The molecule has 0 saturated carbocycles. The van der Waals surface area contributed by atoms with E-state index < -0.39 is 0 Å². The average Bonchev–Trinajstić information content (AvgIpc) is 2.62. The van der Waals surface area contributed by atoms with E-state index in [9.17, 15) is 0 Å². The van der Waals surface area contributed by atoms with Gasteiger partial charge in [-0.1, -0.05) is 35.9 Å². The first kappa shape index (κ1) is 8.70. The van der Waals surface area contributed by atoms with Crippen LogP contribution in [0.25, 0.3) is 0 Å². The lowest BCUT2D eigenvalue weighted by Gasteiger charge is -2.13. The lowest BCUT2D eigenvalue weighted by atomic mass is 10.1. The van der Waals surface area contributed by atoms with Gasteiger partial charge in [0.05, 0.1) is 6.54 Å². The van der Waals surface area contributed by atoms with Crippen LogP contribution >= 0.6 is 11.9 Å². The number of benzene rings is 1. The Morgan fingerprint density at radius 2 is 2.08 bits per heavy atom. The van der Waals surface area contributed by atoms with Crippen LogP contribution in [0.1, 0.15) is 11.1 Å². The molecule has 0 bridgehead atoms. The molecule has 1 nitrogen and oxygen atoms in total. The van der Waals surface area contributed by atoms with E-state index >= 15 is 0 Å². The quantitative estimate of drug-likeness (QED) is 0.661. The van der Waals surface area contributed by atoms with Gasteiger partial charge in [-0.3, -0.25) is 0 Å². The van der Waals surface area contributed by atoms with Crippen LogP contribution in [0.3, 0.4) is 0 Å². The molecule has 0 spiro atoms. The van der Waals surface area contributed by atoms with Gasteiger partial charge < -0.3 is 4.31 Å². The minimum Gasteiger partial charge on any atom is -0.319 e. The molecule has 0 fully saturated rings. The van der Waals surface area contributed by atoms with E-state index in [1.165, 1.54) is 11.1 Å². The van der Waals surface area contributed by atoms with Gasteiger partial charge in [0.2, 0.25) is 0 Å². The molecule has 13 heavy (non-hydrogen) atoms. The Morgan fingerprint density at radius 1 is 1.31 bits per heavy atom. The summed E-state index contributed by atoms with van der Waals surface area (Å²) < 4.78 is 2.27. The summed E-state index contributed by atoms with van der Waals surface area (Å²) in [7, 11) is 0. The van der Waals surface area contributed by atoms with Crippen molar-refractivity contribution in [1.29, 1.82) is 0 Å². The first-order valence-electron chi connectivity index (χ1n) is 4.46. The van der Waals surface area contributed by atoms with Crippen LogP contribution in [-0.2, 0) is 6.54 Å². The second kappa shape index (κ2) is 3.88. The predicted octanol–water partition coefficient (Wildman–Crippen LogP) is 2.97. The third-order valence-electron chi connectivity index (χ3n) is 2.07. The van der Waals surface area contributed by atoms with E-state index in [-0.39, 0.29) is 0 Å². The Hall–Kier alpha value is -0.890. The molecule has 0 amide bonds. The first-order valence-corrected chi connectivity index (χ1v) is 5.40. The van der Waals surface area contributed by atoms with E-state index in [0.717, 1.165) is 12.3 Å².